The van der Waals surface area contributed by atoms with Gasteiger partial charge in [-0.2, -0.15) is 4.31 Å². The fourth-order valence-corrected chi connectivity index (χ4v) is 4.02. The molecule has 1 fully saturated rings. The zero-order valence-electron chi connectivity index (χ0n) is 10.9. The maximum absolute atomic E-state index is 12.6. The molecule has 1 saturated heterocycles. The van der Waals surface area contributed by atoms with Crippen LogP contribution in [-0.4, -0.2) is 40.8 Å². The average Bonchev–Trinajstić information content (AvgIpc) is 3.03. The van der Waals surface area contributed by atoms with Crippen molar-refractivity contribution in [1.29, 1.82) is 0 Å². The highest BCUT2D eigenvalue weighted by Gasteiger charge is 2.31. The molecule has 2 aromatic heterocycles. The number of aromatic nitrogens is 3. The van der Waals surface area contributed by atoms with Crippen molar-refractivity contribution in [2.45, 2.75) is 23.7 Å². The van der Waals surface area contributed by atoms with Crippen molar-refractivity contribution in [1.82, 2.24) is 19.3 Å². The minimum Gasteiger partial charge on any atom is -0.348 e. The SMILES string of the molecule is O=S(=O)(c1cccnc1)N1CCC[C@H](c2ncc[nH]2)C1. The number of sulfonamides is 1. The van der Waals surface area contributed by atoms with Gasteiger partial charge in [0.1, 0.15) is 10.7 Å². The lowest BCUT2D eigenvalue weighted by Gasteiger charge is -2.30. The van der Waals surface area contributed by atoms with Gasteiger partial charge < -0.3 is 4.98 Å². The van der Waals surface area contributed by atoms with Crippen molar-refractivity contribution in [3.05, 3.63) is 42.7 Å². The number of imidazole rings is 1. The fraction of sp³-hybridized carbons (Fsp3) is 0.385. The van der Waals surface area contributed by atoms with Gasteiger partial charge in [0, 0.05) is 43.8 Å². The molecule has 7 heteroatoms. The Labute approximate surface area is 117 Å². The summed E-state index contributed by atoms with van der Waals surface area (Å²) in [5, 5.41) is 0. The number of nitrogens with zero attached hydrogens (tertiary/aromatic N) is 3. The Hall–Kier alpha value is -1.73. The number of aromatic amines is 1. The van der Waals surface area contributed by atoms with E-state index in [4.69, 9.17) is 0 Å². The molecule has 20 heavy (non-hydrogen) atoms. The van der Waals surface area contributed by atoms with Crippen molar-refractivity contribution in [2.75, 3.05) is 13.1 Å². The second-order valence-corrected chi connectivity index (χ2v) is 6.80. The maximum Gasteiger partial charge on any atom is 0.244 e. The van der Waals surface area contributed by atoms with Gasteiger partial charge in [0.15, 0.2) is 0 Å². The zero-order chi connectivity index (χ0) is 14.0. The summed E-state index contributed by atoms with van der Waals surface area (Å²) in [5.41, 5.74) is 0. The van der Waals surface area contributed by atoms with Crippen molar-refractivity contribution in [2.24, 2.45) is 0 Å². The molecule has 6 nitrogen and oxygen atoms in total. The van der Waals surface area contributed by atoms with Gasteiger partial charge >= 0.3 is 0 Å². The summed E-state index contributed by atoms with van der Waals surface area (Å²) in [7, 11) is -3.46. The molecule has 0 aliphatic carbocycles. The van der Waals surface area contributed by atoms with Crippen molar-refractivity contribution >= 4 is 10.0 Å². The molecule has 2 aromatic rings. The number of nitrogens with one attached hydrogen (secondary N) is 1. The summed E-state index contributed by atoms with van der Waals surface area (Å²) < 4.78 is 26.6. The third-order valence-corrected chi connectivity index (χ3v) is 5.41. The average molecular weight is 292 g/mol. The van der Waals surface area contributed by atoms with E-state index in [-0.39, 0.29) is 10.8 Å². The largest absolute Gasteiger partial charge is 0.348 e. The van der Waals surface area contributed by atoms with Crippen LogP contribution in [0.3, 0.4) is 0 Å². The Morgan fingerprint density at radius 2 is 2.25 bits per heavy atom. The van der Waals surface area contributed by atoms with E-state index in [0.717, 1.165) is 18.7 Å². The lowest BCUT2D eigenvalue weighted by atomic mass is 9.99. The maximum atomic E-state index is 12.6. The van der Waals surface area contributed by atoms with Crippen LogP contribution in [0, 0.1) is 0 Å². The molecule has 0 unspecified atom stereocenters. The Bertz CT molecular complexity index is 655. The molecule has 1 aliphatic heterocycles. The summed E-state index contributed by atoms with van der Waals surface area (Å²) in [6.07, 6.45) is 8.22. The molecule has 1 atom stereocenters. The van der Waals surface area contributed by atoms with Crippen LogP contribution in [0.5, 0.6) is 0 Å². The predicted molar refractivity (Wildman–Crippen MR) is 73.6 cm³/mol. The smallest absolute Gasteiger partial charge is 0.244 e. The third-order valence-electron chi connectivity index (χ3n) is 3.56. The van der Waals surface area contributed by atoms with Gasteiger partial charge in [-0.05, 0) is 25.0 Å². The minimum absolute atomic E-state index is 0.130. The molecule has 0 spiro atoms. The summed E-state index contributed by atoms with van der Waals surface area (Å²) in [5.74, 6) is 0.987. The summed E-state index contributed by atoms with van der Waals surface area (Å²) >= 11 is 0. The summed E-state index contributed by atoms with van der Waals surface area (Å²) in [6.45, 7) is 1.01. The minimum atomic E-state index is -3.46. The van der Waals surface area contributed by atoms with Crippen molar-refractivity contribution < 1.29 is 8.42 Å². The number of pyridine rings is 1. The molecule has 0 amide bonds. The highest BCUT2D eigenvalue weighted by Crippen LogP contribution is 2.28. The molecular formula is C13H16N4O2S. The van der Waals surface area contributed by atoms with Gasteiger partial charge in [0.25, 0.3) is 0 Å². The van der Waals surface area contributed by atoms with E-state index in [9.17, 15) is 8.42 Å². The predicted octanol–water partition coefficient (Wildman–Crippen LogP) is 1.37. The normalized spacial score (nSPS) is 20.9. The molecule has 3 rings (SSSR count). The van der Waals surface area contributed by atoms with Crippen LogP contribution in [0.15, 0.2) is 41.8 Å². The molecule has 3 heterocycles. The van der Waals surface area contributed by atoms with E-state index in [1.165, 1.54) is 10.5 Å². The molecule has 0 radical (unpaired) electrons. The van der Waals surface area contributed by atoms with E-state index < -0.39 is 10.0 Å². The van der Waals surface area contributed by atoms with Crippen LogP contribution in [0.25, 0.3) is 0 Å². The lowest BCUT2D eigenvalue weighted by Crippen LogP contribution is -2.39. The summed E-state index contributed by atoms with van der Waals surface area (Å²) in [6, 6.07) is 3.22. The van der Waals surface area contributed by atoms with Gasteiger partial charge in [0.05, 0.1) is 0 Å². The van der Waals surface area contributed by atoms with Gasteiger partial charge in [-0.25, -0.2) is 13.4 Å². The number of hydrogen-bond donors (Lipinski definition) is 1. The van der Waals surface area contributed by atoms with E-state index >= 15 is 0 Å². The number of rotatable bonds is 3. The van der Waals surface area contributed by atoms with Crippen LogP contribution < -0.4 is 0 Å². The zero-order valence-corrected chi connectivity index (χ0v) is 11.8. The van der Waals surface area contributed by atoms with Crippen molar-refractivity contribution in [3.63, 3.8) is 0 Å². The Morgan fingerprint density at radius 3 is 2.95 bits per heavy atom. The lowest BCUT2D eigenvalue weighted by molar-refractivity contribution is 0.310. The van der Waals surface area contributed by atoms with Crippen LogP contribution in [0.4, 0.5) is 0 Å². The first-order valence-electron chi connectivity index (χ1n) is 6.57. The Morgan fingerprint density at radius 1 is 1.35 bits per heavy atom. The second-order valence-electron chi connectivity index (χ2n) is 4.87. The third kappa shape index (κ3) is 2.46. The molecular weight excluding hydrogens is 276 g/mol. The Balaban J connectivity index is 1.84. The first-order chi connectivity index (χ1) is 9.68. The Kier molecular flexibility index (Phi) is 3.54. The topological polar surface area (TPSA) is 79.0 Å². The molecule has 0 aromatic carbocycles. The van der Waals surface area contributed by atoms with Gasteiger partial charge in [-0.3, -0.25) is 4.98 Å². The van der Waals surface area contributed by atoms with Gasteiger partial charge in [0.2, 0.25) is 10.0 Å². The molecule has 0 bridgehead atoms. The monoisotopic (exact) mass is 292 g/mol. The number of H-pyrrole nitrogens is 1. The first-order valence-corrected chi connectivity index (χ1v) is 8.01. The van der Waals surface area contributed by atoms with Crippen molar-refractivity contribution in [3.8, 4) is 0 Å². The molecule has 1 N–H and O–H groups in total. The van der Waals surface area contributed by atoms with E-state index in [0.29, 0.717) is 13.1 Å². The highest BCUT2D eigenvalue weighted by molar-refractivity contribution is 7.89. The molecule has 1 aliphatic rings. The van der Waals surface area contributed by atoms with Crippen LogP contribution >= 0.6 is 0 Å². The van der Waals surface area contributed by atoms with Gasteiger partial charge in [-0.1, -0.05) is 0 Å². The van der Waals surface area contributed by atoms with Crippen LogP contribution in [-0.2, 0) is 10.0 Å². The highest BCUT2D eigenvalue weighted by atomic mass is 32.2. The van der Waals surface area contributed by atoms with Gasteiger partial charge in [-0.15, -0.1) is 0 Å². The quantitative estimate of drug-likeness (QED) is 0.926. The first kappa shape index (κ1) is 13.3. The molecule has 106 valence electrons. The van der Waals surface area contributed by atoms with E-state index in [1.807, 2.05) is 0 Å². The number of piperidine rings is 1. The van der Waals surface area contributed by atoms with E-state index in [2.05, 4.69) is 15.0 Å². The van der Waals surface area contributed by atoms with E-state index in [1.54, 1.807) is 30.7 Å². The van der Waals surface area contributed by atoms with Crippen LogP contribution in [0.1, 0.15) is 24.6 Å². The fourth-order valence-electron chi connectivity index (χ4n) is 2.53. The second kappa shape index (κ2) is 5.34. The van der Waals surface area contributed by atoms with Crippen LogP contribution in [0.2, 0.25) is 0 Å². The summed E-state index contributed by atoms with van der Waals surface area (Å²) in [4.78, 5) is 11.5. The molecule has 0 saturated carbocycles. The number of hydrogen-bond acceptors (Lipinski definition) is 4. The standard InChI is InChI=1S/C13H16N4O2S/c18-20(19,12-4-1-5-14-9-12)17-8-2-3-11(10-17)13-15-6-7-16-13/h1,4-7,9,11H,2-3,8,10H2,(H,15,16)/t11-/m0/s1.